The average molecular weight is 298 g/mol. The number of aliphatic hydroxyl groups is 1. The van der Waals surface area contributed by atoms with E-state index in [1.54, 1.807) is 0 Å². The quantitative estimate of drug-likeness (QED) is 0.942. The Morgan fingerprint density at radius 3 is 2.86 bits per heavy atom. The lowest BCUT2D eigenvalue weighted by atomic mass is 9.90. The fourth-order valence-corrected chi connectivity index (χ4v) is 4.08. The Morgan fingerprint density at radius 1 is 1.27 bits per heavy atom. The minimum absolute atomic E-state index is 0.325. The number of aromatic nitrogens is 1. The van der Waals surface area contributed by atoms with Gasteiger partial charge in [0.05, 0.1) is 5.60 Å². The minimum atomic E-state index is -0.325. The van der Waals surface area contributed by atoms with E-state index in [-0.39, 0.29) is 5.60 Å². The highest BCUT2D eigenvalue weighted by atomic mass is 16.3. The molecule has 2 heterocycles. The molecule has 2 aromatic rings. The van der Waals surface area contributed by atoms with E-state index in [0.29, 0.717) is 5.92 Å². The van der Waals surface area contributed by atoms with E-state index in [4.69, 9.17) is 0 Å². The predicted molar refractivity (Wildman–Crippen MR) is 89.8 cm³/mol. The molecule has 0 radical (unpaired) electrons. The summed E-state index contributed by atoms with van der Waals surface area (Å²) in [5, 5.41) is 11.7. The first kappa shape index (κ1) is 14.3. The Labute approximate surface area is 132 Å². The first-order valence-electron chi connectivity index (χ1n) is 8.55. The largest absolute Gasteiger partial charge is 0.390 e. The van der Waals surface area contributed by atoms with Crippen molar-refractivity contribution in [2.24, 2.45) is 13.0 Å². The van der Waals surface area contributed by atoms with Crippen LogP contribution in [0.5, 0.6) is 0 Å². The fraction of sp³-hybridized carbons (Fsp3) is 0.579. The van der Waals surface area contributed by atoms with Gasteiger partial charge in [0.15, 0.2) is 0 Å². The molecule has 2 fully saturated rings. The van der Waals surface area contributed by atoms with Gasteiger partial charge in [-0.05, 0) is 57.4 Å². The lowest BCUT2D eigenvalue weighted by molar-refractivity contribution is 0.0287. The van der Waals surface area contributed by atoms with Gasteiger partial charge >= 0.3 is 0 Å². The van der Waals surface area contributed by atoms with Crippen LogP contribution in [-0.2, 0) is 13.6 Å². The number of piperidine rings is 1. The van der Waals surface area contributed by atoms with Crippen molar-refractivity contribution >= 4 is 10.9 Å². The van der Waals surface area contributed by atoms with Crippen LogP contribution >= 0.6 is 0 Å². The summed E-state index contributed by atoms with van der Waals surface area (Å²) in [6.45, 7) is 5.36. The zero-order chi connectivity index (χ0) is 15.3. The van der Waals surface area contributed by atoms with Crippen LogP contribution in [-0.4, -0.2) is 33.3 Å². The standard InChI is InChI=1S/C19H26N2O/c1-14-5-6-18-15(10-14)11-17(20(18)2)13-21-9-3-4-16(12-21)19(22)7-8-19/h5-6,10-11,16,22H,3-4,7-9,12-13H2,1-2H3. The van der Waals surface area contributed by atoms with Crippen molar-refractivity contribution in [3.63, 3.8) is 0 Å². The second-order valence-corrected chi connectivity index (χ2v) is 7.43. The number of hydrogen-bond acceptors (Lipinski definition) is 2. The number of aryl methyl sites for hydroxylation is 2. The van der Waals surface area contributed by atoms with Gasteiger partial charge in [-0.15, -0.1) is 0 Å². The van der Waals surface area contributed by atoms with Crippen molar-refractivity contribution in [2.45, 2.75) is 44.8 Å². The molecule has 3 nitrogen and oxygen atoms in total. The molecule has 1 saturated heterocycles. The lowest BCUT2D eigenvalue weighted by Crippen LogP contribution is -2.41. The lowest BCUT2D eigenvalue weighted by Gasteiger charge is -2.35. The fourth-order valence-electron chi connectivity index (χ4n) is 4.08. The SMILES string of the molecule is Cc1ccc2c(c1)cc(CN1CCCC(C3(O)CC3)C1)n2C. The normalized spacial score (nSPS) is 24.8. The first-order chi connectivity index (χ1) is 10.5. The van der Waals surface area contributed by atoms with Crippen molar-refractivity contribution in [1.82, 2.24) is 9.47 Å². The van der Waals surface area contributed by atoms with Gasteiger partial charge in [-0.1, -0.05) is 11.6 Å². The van der Waals surface area contributed by atoms with Crippen molar-refractivity contribution in [2.75, 3.05) is 13.1 Å². The summed E-state index contributed by atoms with van der Waals surface area (Å²) in [5.41, 5.74) is 3.69. The molecule has 0 bridgehead atoms. The number of nitrogens with zero attached hydrogens (tertiary/aromatic N) is 2. The maximum Gasteiger partial charge on any atom is 0.0690 e. The summed E-state index contributed by atoms with van der Waals surface area (Å²) in [6, 6.07) is 9.01. The highest BCUT2D eigenvalue weighted by Crippen LogP contribution is 2.45. The van der Waals surface area contributed by atoms with Crippen LogP contribution in [0, 0.1) is 12.8 Å². The minimum Gasteiger partial charge on any atom is -0.390 e. The van der Waals surface area contributed by atoms with E-state index < -0.39 is 0 Å². The monoisotopic (exact) mass is 298 g/mol. The van der Waals surface area contributed by atoms with Crippen LogP contribution in [0.3, 0.4) is 0 Å². The zero-order valence-electron chi connectivity index (χ0n) is 13.7. The summed E-state index contributed by atoms with van der Waals surface area (Å²) >= 11 is 0. The van der Waals surface area contributed by atoms with E-state index in [2.05, 4.69) is 47.7 Å². The van der Waals surface area contributed by atoms with E-state index >= 15 is 0 Å². The molecular weight excluding hydrogens is 272 g/mol. The van der Waals surface area contributed by atoms with Gasteiger partial charge in [0.2, 0.25) is 0 Å². The Bertz CT molecular complexity index is 699. The van der Waals surface area contributed by atoms with E-state index in [9.17, 15) is 5.11 Å². The molecule has 0 spiro atoms. The summed E-state index contributed by atoms with van der Waals surface area (Å²) in [4.78, 5) is 2.53. The molecule has 1 unspecified atom stereocenters. The molecule has 2 aliphatic rings. The summed E-state index contributed by atoms with van der Waals surface area (Å²) in [5.74, 6) is 0.484. The van der Waals surface area contributed by atoms with E-state index in [1.807, 2.05) is 0 Å². The summed E-state index contributed by atoms with van der Waals surface area (Å²) in [6.07, 6.45) is 4.44. The highest BCUT2D eigenvalue weighted by molar-refractivity contribution is 5.82. The van der Waals surface area contributed by atoms with Gasteiger partial charge in [0, 0.05) is 42.7 Å². The number of benzene rings is 1. The Balaban J connectivity index is 1.54. The third-order valence-electron chi connectivity index (χ3n) is 5.71. The molecule has 1 aromatic heterocycles. The molecule has 4 rings (SSSR count). The third kappa shape index (κ3) is 2.46. The van der Waals surface area contributed by atoms with Crippen LogP contribution in [0.25, 0.3) is 10.9 Å². The maximum atomic E-state index is 10.4. The van der Waals surface area contributed by atoms with E-state index in [0.717, 1.165) is 32.5 Å². The maximum absolute atomic E-state index is 10.4. The van der Waals surface area contributed by atoms with Gasteiger partial charge in [-0.3, -0.25) is 4.90 Å². The molecule has 1 aromatic carbocycles. The van der Waals surface area contributed by atoms with Crippen LogP contribution in [0.1, 0.15) is 36.9 Å². The summed E-state index contributed by atoms with van der Waals surface area (Å²) < 4.78 is 2.32. The molecule has 1 saturated carbocycles. The van der Waals surface area contributed by atoms with Crippen LogP contribution < -0.4 is 0 Å². The van der Waals surface area contributed by atoms with Crippen LogP contribution in [0.15, 0.2) is 24.3 Å². The van der Waals surface area contributed by atoms with Crippen molar-refractivity contribution in [3.05, 3.63) is 35.5 Å². The molecule has 1 aliphatic carbocycles. The van der Waals surface area contributed by atoms with Crippen LogP contribution in [0.4, 0.5) is 0 Å². The van der Waals surface area contributed by atoms with E-state index in [1.165, 1.54) is 35.0 Å². The number of fused-ring (bicyclic) bond motifs is 1. The molecule has 1 aliphatic heterocycles. The zero-order valence-corrected chi connectivity index (χ0v) is 13.7. The Hall–Kier alpha value is -1.32. The topological polar surface area (TPSA) is 28.4 Å². The number of likely N-dealkylation sites (tertiary alicyclic amines) is 1. The van der Waals surface area contributed by atoms with Crippen molar-refractivity contribution in [3.8, 4) is 0 Å². The molecular formula is C19H26N2O. The third-order valence-corrected chi connectivity index (χ3v) is 5.71. The highest BCUT2D eigenvalue weighted by Gasteiger charge is 2.48. The summed E-state index contributed by atoms with van der Waals surface area (Å²) in [7, 11) is 2.17. The van der Waals surface area contributed by atoms with Crippen LogP contribution in [0.2, 0.25) is 0 Å². The van der Waals surface area contributed by atoms with Gasteiger partial charge in [0.1, 0.15) is 0 Å². The molecule has 3 heteroatoms. The van der Waals surface area contributed by atoms with Crippen molar-refractivity contribution in [1.29, 1.82) is 0 Å². The van der Waals surface area contributed by atoms with Crippen molar-refractivity contribution < 1.29 is 5.11 Å². The van der Waals surface area contributed by atoms with Gasteiger partial charge in [-0.2, -0.15) is 0 Å². The Kier molecular flexibility index (Phi) is 3.31. The molecule has 118 valence electrons. The Morgan fingerprint density at radius 2 is 2.09 bits per heavy atom. The molecule has 0 amide bonds. The first-order valence-corrected chi connectivity index (χ1v) is 8.55. The second kappa shape index (κ2) is 5.10. The molecule has 22 heavy (non-hydrogen) atoms. The van der Waals surface area contributed by atoms with Gasteiger partial charge < -0.3 is 9.67 Å². The predicted octanol–water partition coefficient (Wildman–Crippen LogP) is 3.22. The average Bonchev–Trinajstić information content (AvgIpc) is 3.18. The van der Waals surface area contributed by atoms with Gasteiger partial charge in [0.25, 0.3) is 0 Å². The smallest absolute Gasteiger partial charge is 0.0690 e. The second-order valence-electron chi connectivity index (χ2n) is 7.43. The number of hydrogen-bond donors (Lipinski definition) is 1. The van der Waals surface area contributed by atoms with Gasteiger partial charge in [-0.25, -0.2) is 0 Å². The molecule has 1 N–H and O–H groups in total. The number of rotatable bonds is 3. The molecule has 1 atom stereocenters.